The summed E-state index contributed by atoms with van der Waals surface area (Å²) >= 11 is 0. The average Bonchev–Trinajstić information content (AvgIpc) is 1.19. The summed E-state index contributed by atoms with van der Waals surface area (Å²) < 4.78 is 25.9. The van der Waals surface area contributed by atoms with Gasteiger partial charge in [-0.3, -0.25) is 9.35 Å². The number of aliphatic carboxylic acids is 1. The third-order valence-electron chi connectivity index (χ3n) is 0. The van der Waals surface area contributed by atoms with Gasteiger partial charge in [-0.15, -0.1) is 0 Å². The van der Waals surface area contributed by atoms with E-state index in [-0.39, 0.29) is 14.9 Å². The van der Waals surface area contributed by atoms with Gasteiger partial charge in [-0.25, -0.2) is 0 Å². The Morgan fingerprint density at radius 1 is 1.27 bits per heavy atom. The summed E-state index contributed by atoms with van der Waals surface area (Å²) in [5.74, 6) is -0.833. The van der Waals surface area contributed by atoms with Crippen molar-refractivity contribution in [3.8, 4) is 0 Å². The lowest BCUT2D eigenvalue weighted by Crippen LogP contribution is -1.88. The van der Waals surface area contributed by atoms with Crippen LogP contribution >= 0.6 is 0 Å². The van der Waals surface area contributed by atoms with Crippen LogP contribution in [0.1, 0.15) is 21.8 Å². The quantitative estimate of drug-likeness (QED) is 0.550. The molecule has 0 unspecified atom stereocenters. The highest BCUT2D eigenvalue weighted by atomic mass is 32.2. The van der Waals surface area contributed by atoms with Crippen LogP contribution in [-0.4, -0.2) is 30.3 Å². The van der Waals surface area contributed by atoms with Gasteiger partial charge in [0.1, 0.15) is 0 Å². The molecule has 0 aliphatic heterocycles. The van der Waals surface area contributed by atoms with Crippen LogP contribution in [0, 0.1) is 0 Å². The second-order valence-electron chi connectivity index (χ2n) is 1.25. The standard InChI is InChI=1S/C2H4O2.CH4O3S.2CH4/c1-2(3)4;1-5(2,3)4;;/h1H3,(H,3,4);1H3,(H,2,3,4);2*1H4. The second kappa shape index (κ2) is 9.38. The van der Waals surface area contributed by atoms with Gasteiger partial charge in [0.2, 0.25) is 0 Å². The lowest BCUT2D eigenvalue weighted by atomic mass is 10.9. The molecule has 0 amide bonds. The number of hydrogen-bond acceptors (Lipinski definition) is 3. The van der Waals surface area contributed by atoms with Crippen LogP contribution in [-0.2, 0) is 14.9 Å². The zero-order valence-electron chi connectivity index (χ0n) is 5.03. The molecule has 0 saturated heterocycles. The molecule has 0 aromatic carbocycles. The van der Waals surface area contributed by atoms with Gasteiger partial charge in [0.25, 0.3) is 16.1 Å². The molecule has 0 bridgehead atoms. The predicted molar refractivity (Wildman–Crippen MR) is 44.2 cm³/mol. The van der Waals surface area contributed by atoms with Crippen molar-refractivity contribution >= 4 is 16.1 Å². The molecular formula is C5H16O5S. The number of carbonyl (C=O) groups is 1. The van der Waals surface area contributed by atoms with Gasteiger partial charge < -0.3 is 5.11 Å². The van der Waals surface area contributed by atoms with Crippen molar-refractivity contribution < 1.29 is 22.9 Å². The molecule has 72 valence electrons. The first-order valence-corrected chi connectivity index (χ1v) is 3.70. The van der Waals surface area contributed by atoms with Gasteiger partial charge in [-0.1, -0.05) is 14.9 Å². The molecule has 0 atom stereocenters. The van der Waals surface area contributed by atoms with Crippen LogP contribution in [0.2, 0.25) is 0 Å². The van der Waals surface area contributed by atoms with E-state index in [1.165, 1.54) is 0 Å². The number of rotatable bonds is 0. The Hall–Kier alpha value is -0.620. The maximum atomic E-state index is 9.19. The Morgan fingerprint density at radius 3 is 1.27 bits per heavy atom. The highest BCUT2D eigenvalue weighted by molar-refractivity contribution is 7.85. The van der Waals surface area contributed by atoms with Crippen LogP contribution in [0.3, 0.4) is 0 Å². The Morgan fingerprint density at radius 2 is 1.27 bits per heavy atom. The van der Waals surface area contributed by atoms with Crippen molar-refractivity contribution in [3.05, 3.63) is 0 Å². The largest absolute Gasteiger partial charge is 0.481 e. The first kappa shape index (κ1) is 22.4. The van der Waals surface area contributed by atoms with Crippen LogP contribution in [0.15, 0.2) is 0 Å². The van der Waals surface area contributed by atoms with Gasteiger partial charge in [-0.05, 0) is 0 Å². The molecule has 0 aromatic heterocycles. The van der Waals surface area contributed by atoms with E-state index in [0.717, 1.165) is 6.92 Å². The van der Waals surface area contributed by atoms with Gasteiger partial charge in [0, 0.05) is 6.92 Å². The lowest BCUT2D eigenvalue weighted by Gasteiger charge is -1.69. The predicted octanol–water partition coefficient (Wildman–Crippen LogP) is 0.867. The minimum Gasteiger partial charge on any atom is -0.481 e. The van der Waals surface area contributed by atoms with Crippen LogP contribution in [0.25, 0.3) is 0 Å². The van der Waals surface area contributed by atoms with E-state index >= 15 is 0 Å². The molecule has 0 rings (SSSR count). The molecule has 5 nitrogen and oxygen atoms in total. The molecule has 11 heavy (non-hydrogen) atoms. The molecular weight excluding hydrogens is 172 g/mol. The summed E-state index contributed by atoms with van der Waals surface area (Å²) in [6.07, 6.45) is 0.715. The Labute approximate surface area is 67.8 Å². The minimum atomic E-state index is -3.67. The Bertz CT molecular complexity index is 157. The summed E-state index contributed by atoms with van der Waals surface area (Å²) in [6, 6.07) is 0. The molecule has 0 aliphatic carbocycles. The third kappa shape index (κ3) is 1330. The molecule has 0 heterocycles. The average molecular weight is 188 g/mol. The topological polar surface area (TPSA) is 91.7 Å². The van der Waals surface area contributed by atoms with Crippen molar-refractivity contribution in [2.24, 2.45) is 0 Å². The number of carboxylic acids is 1. The number of carboxylic acid groups (broad SMARTS) is 1. The van der Waals surface area contributed by atoms with Gasteiger partial charge in [0.15, 0.2) is 0 Å². The van der Waals surface area contributed by atoms with Gasteiger partial charge >= 0.3 is 0 Å². The molecule has 0 aliphatic rings. The summed E-state index contributed by atoms with van der Waals surface area (Å²) in [5.41, 5.74) is 0. The fraction of sp³-hybridized carbons (Fsp3) is 0.800. The van der Waals surface area contributed by atoms with Gasteiger partial charge in [0.05, 0.1) is 6.26 Å². The second-order valence-corrected chi connectivity index (χ2v) is 2.72. The van der Waals surface area contributed by atoms with Crippen molar-refractivity contribution in [1.29, 1.82) is 0 Å². The fourth-order valence-electron chi connectivity index (χ4n) is 0. The van der Waals surface area contributed by atoms with E-state index in [2.05, 4.69) is 0 Å². The zero-order valence-corrected chi connectivity index (χ0v) is 5.84. The van der Waals surface area contributed by atoms with Crippen LogP contribution < -0.4 is 0 Å². The smallest absolute Gasteiger partial charge is 0.300 e. The van der Waals surface area contributed by atoms with Crippen LogP contribution in [0.4, 0.5) is 0 Å². The summed E-state index contributed by atoms with van der Waals surface area (Å²) in [5, 5.41) is 7.42. The summed E-state index contributed by atoms with van der Waals surface area (Å²) in [7, 11) is -3.67. The molecule has 0 aromatic rings. The zero-order chi connectivity index (χ0) is 8.08. The van der Waals surface area contributed by atoms with E-state index in [1.54, 1.807) is 0 Å². The van der Waals surface area contributed by atoms with E-state index in [0.29, 0.717) is 6.26 Å². The fourth-order valence-corrected chi connectivity index (χ4v) is 0. The highest BCUT2D eigenvalue weighted by Gasteiger charge is 1.81. The Kier molecular flexibility index (Phi) is 19.1. The molecule has 6 heteroatoms. The third-order valence-corrected chi connectivity index (χ3v) is 0. The van der Waals surface area contributed by atoms with Crippen LogP contribution in [0.5, 0.6) is 0 Å². The number of hydrogen-bond donors (Lipinski definition) is 2. The molecule has 0 spiro atoms. The normalized spacial score (nSPS) is 7.55. The van der Waals surface area contributed by atoms with Crippen molar-refractivity contribution in [2.75, 3.05) is 6.26 Å². The maximum absolute atomic E-state index is 9.19. The molecule has 2 N–H and O–H groups in total. The van der Waals surface area contributed by atoms with E-state index in [1.807, 2.05) is 0 Å². The monoisotopic (exact) mass is 188 g/mol. The minimum absolute atomic E-state index is 0. The molecule has 0 radical (unpaired) electrons. The highest BCUT2D eigenvalue weighted by Crippen LogP contribution is 1.60. The van der Waals surface area contributed by atoms with Crippen molar-refractivity contribution in [1.82, 2.24) is 0 Å². The van der Waals surface area contributed by atoms with E-state index in [9.17, 15) is 8.42 Å². The maximum Gasteiger partial charge on any atom is 0.300 e. The van der Waals surface area contributed by atoms with E-state index < -0.39 is 16.1 Å². The molecule has 0 fully saturated rings. The molecule has 0 saturated carbocycles. The van der Waals surface area contributed by atoms with Crippen molar-refractivity contribution in [2.45, 2.75) is 21.8 Å². The first-order valence-electron chi connectivity index (χ1n) is 1.85. The van der Waals surface area contributed by atoms with Gasteiger partial charge in [-0.2, -0.15) is 8.42 Å². The van der Waals surface area contributed by atoms with Crippen molar-refractivity contribution in [3.63, 3.8) is 0 Å². The first-order chi connectivity index (χ1) is 3.73. The summed E-state index contributed by atoms with van der Waals surface area (Å²) in [4.78, 5) is 9.00. The van der Waals surface area contributed by atoms with E-state index in [4.69, 9.17) is 14.5 Å². The Balaban J connectivity index is -0.0000000383. The lowest BCUT2D eigenvalue weighted by molar-refractivity contribution is -0.134. The SMILES string of the molecule is C.C.CC(=O)O.CS(=O)(=O)O. The summed E-state index contributed by atoms with van der Waals surface area (Å²) in [6.45, 7) is 1.08.